The molecule has 1 N–H and O–H groups in total. The molecular weight excluding hydrogens is 632 g/mol. The lowest BCUT2D eigenvalue weighted by Gasteiger charge is -2.44. The minimum absolute atomic E-state index is 0.0615. The van der Waals surface area contributed by atoms with E-state index in [-0.39, 0.29) is 17.4 Å². The quantitative estimate of drug-likeness (QED) is 0.155. The Labute approximate surface area is 289 Å². The van der Waals surface area contributed by atoms with Crippen molar-refractivity contribution in [2.45, 2.75) is 143 Å². The molecule has 2 heterocycles. The molecule has 0 aliphatic carbocycles. The Kier molecular flexibility index (Phi) is 13.8. The summed E-state index contributed by atoms with van der Waals surface area (Å²) in [6.07, 6.45) is 0.309. The van der Waals surface area contributed by atoms with E-state index in [0.717, 1.165) is 37.9 Å². The van der Waals surface area contributed by atoms with Crippen molar-refractivity contribution in [3.8, 4) is 0 Å². The van der Waals surface area contributed by atoms with Gasteiger partial charge in [-0.25, -0.2) is 4.68 Å². The van der Waals surface area contributed by atoms with Gasteiger partial charge in [0.2, 0.25) is 0 Å². The summed E-state index contributed by atoms with van der Waals surface area (Å²) in [5.41, 5.74) is 4.60. The molecular formula is C36H54N4O9. The molecule has 1 aliphatic heterocycles. The zero-order chi connectivity index (χ0) is 36.5. The Bertz CT molecular complexity index is 1410. The average molecular weight is 687 g/mol. The fraction of sp³-hybridized carbons (Fsp3) is 0.667. The van der Waals surface area contributed by atoms with Gasteiger partial charge in [-0.3, -0.25) is 19.2 Å². The number of carbonyl (C=O) groups excluding carboxylic acids is 4. The SMILES string of the molecule is CC(=O)OCC1O[C@@H](n2cc(CCCCCCNc3cc(C(C)(C)C)cc(C(C)(C)C)c3)nn2)C(OC(C)=O)C(OC(C)=O)[C@@H]1OC(C)=O. The van der Waals surface area contributed by atoms with Crippen molar-refractivity contribution in [1.29, 1.82) is 0 Å². The fourth-order valence-corrected chi connectivity index (χ4v) is 5.58. The van der Waals surface area contributed by atoms with Crippen molar-refractivity contribution >= 4 is 29.6 Å². The Hall–Kier alpha value is -4.00. The van der Waals surface area contributed by atoms with E-state index in [9.17, 15) is 19.2 Å². The van der Waals surface area contributed by atoms with Crippen LogP contribution in [0, 0.1) is 0 Å². The number of unbranched alkanes of at least 4 members (excludes halogenated alkanes) is 3. The summed E-state index contributed by atoms with van der Waals surface area (Å²) < 4.78 is 29.2. The maximum Gasteiger partial charge on any atom is 0.303 e. The lowest BCUT2D eigenvalue weighted by molar-refractivity contribution is -0.270. The summed E-state index contributed by atoms with van der Waals surface area (Å²) in [7, 11) is 0. The number of nitrogens with one attached hydrogen (secondary N) is 1. The number of rotatable bonds is 14. The first-order chi connectivity index (χ1) is 22.8. The Morgan fingerprint density at radius 1 is 0.755 bits per heavy atom. The van der Waals surface area contributed by atoms with E-state index >= 15 is 0 Å². The Morgan fingerprint density at radius 2 is 1.31 bits per heavy atom. The molecule has 1 aromatic heterocycles. The number of nitrogens with zero attached hydrogens (tertiary/aromatic N) is 3. The van der Waals surface area contributed by atoms with Gasteiger partial charge in [-0.2, -0.15) is 0 Å². The van der Waals surface area contributed by atoms with Crippen LogP contribution < -0.4 is 5.32 Å². The minimum Gasteiger partial charge on any atom is -0.463 e. The molecule has 272 valence electrons. The van der Waals surface area contributed by atoms with E-state index in [2.05, 4.69) is 75.4 Å². The number of ether oxygens (including phenoxy) is 5. The predicted molar refractivity (Wildman–Crippen MR) is 182 cm³/mol. The number of carbonyl (C=O) groups is 4. The third-order valence-corrected chi connectivity index (χ3v) is 8.14. The van der Waals surface area contributed by atoms with E-state index in [0.29, 0.717) is 12.1 Å². The van der Waals surface area contributed by atoms with Crippen LogP contribution >= 0.6 is 0 Å². The lowest BCUT2D eigenvalue weighted by Crippen LogP contribution is -2.60. The van der Waals surface area contributed by atoms with Crippen LogP contribution in [0.5, 0.6) is 0 Å². The summed E-state index contributed by atoms with van der Waals surface area (Å²) >= 11 is 0. The molecule has 0 spiro atoms. The second-order valence-corrected chi connectivity index (χ2v) is 14.7. The molecule has 1 fully saturated rings. The molecule has 13 nitrogen and oxygen atoms in total. The lowest BCUT2D eigenvalue weighted by atomic mass is 9.80. The number of hydrogen-bond donors (Lipinski definition) is 1. The molecule has 0 amide bonds. The molecule has 1 saturated heterocycles. The zero-order valence-corrected chi connectivity index (χ0v) is 30.7. The van der Waals surface area contributed by atoms with Gasteiger partial charge >= 0.3 is 23.9 Å². The molecule has 3 unspecified atom stereocenters. The second-order valence-electron chi connectivity index (χ2n) is 14.7. The van der Waals surface area contributed by atoms with Gasteiger partial charge in [0.1, 0.15) is 12.7 Å². The van der Waals surface area contributed by atoms with Gasteiger partial charge in [0, 0.05) is 39.9 Å². The smallest absolute Gasteiger partial charge is 0.303 e. The maximum atomic E-state index is 12.1. The number of aryl methyl sites for hydroxylation is 1. The minimum atomic E-state index is -1.28. The standard InChI is InChI=1S/C36H54N4O9/c1-22(41)45-21-30-31(46-23(2)42)32(47-24(3)43)33(48-25(4)44)34(49-30)40-20-28(38-39-40)15-13-11-12-14-16-37-29-18-26(35(5,6)7)17-27(19-29)36(8,9)10/h17-20,30-34,37H,11-16,21H2,1-10H3/t30?,31-,32?,33?,34-/m1/s1. The van der Waals surface area contributed by atoms with Crippen molar-refractivity contribution in [3.05, 3.63) is 41.2 Å². The van der Waals surface area contributed by atoms with E-state index in [4.69, 9.17) is 23.7 Å². The maximum absolute atomic E-state index is 12.1. The van der Waals surface area contributed by atoms with Gasteiger partial charge in [-0.1, -0.05) is 65.7 Å². The molecule has 49 heavy (non-hydrogen) atoms. The monoisotopic (exact) mass is 686 g/mol. The highest BCUT2D eigenvalue weighted by atomic mass is 16.7. The van der Waals surface area contributed by atoms with Crippen LogP contribution in [-0.4, -0.2) is 76.4 Å². The third-order valence-electron chi connectivity index (χ3n) is 8.14. The van der Waals surface area contributed by atoms with Gasteiger partial charge in [0.05, 0.1) is 11.9 Å². The van der Waals surface area contributed by atoms with Gasteiger partial charge in [0.25, 0.3) is 0 Å². The van der Waals surface area contributed by atoms with Crippen molar-refractivity contribution in [1.82, 2.24) is 15.0 Å². The number of anilines is 1. The largest absolute Gasteiger partial charge is 0.463 e. The van der Waals surface area contributed by atoms with Crippen LogP contribution in [0.25, 0.3) is 0 Å². The predicted octanol–water partition coefficient (Wildman–Crippen LogP) is 5.34. The Morgan fingerprint density at radius 3 is 1.86 bits per heavy atom. The van der Waals surface area contributed by atoms with Crippen molar-refractivity contribution in [2.24, 2.45) is 0 Å². The molecule has 0 saturated carbocycles. The summed E-state index contributed by atoms with van der Waals surface area (Å²) in [6.45, 7) is 18.8. The zero-order valence-electron chi connectivity index (χ0n) is 30.7. The second kappa shape index (κ2) is 17.1. The molecule has 2 aromatic rings. The van der Waals surface area contributed by atoms with Crippen LogP contribution in [0.15, 0.2) is 24.4 Å². The molecule has 0 radical (unpaired) electrons. The summed E-state index contributed by atoms with van der Waals surface area (Å²) in [6, 6.07) is 6.83. The van der Waals surface area contributed by atoms with Gasteiger partial charge in [-0.15, -0.1) is 5.10 Å². The van der Waals surface area contributed by atoms with E-state index < -0.39 is 54.5 Å². The summed E-state index contributed by atoms with van der Waals surface area (Å²) in [5.74, 6) is -2.66. The van der Waals surface area contributed by atoms with Gasteiger partial charge in [-0.05, 0) is 53.4 Å². The molecule has 1 aromatic carbocycles. The average Bonchev–Trinajstić information content (AvgIpc) is 3.44. The molecule has 0 bridgehead atoms. The van der Waals surface area contributed by atoms with Crippen molar-refractivity contribution in [3.63, 3.8) is 0 Å². The number of benzene rings is 1. The van der Waals surface area contributed by atoms with Crippen LogP contribution in [0.1, 0.15) is 118 Å². The normalized spacial score (nSPS) is 21.1. The van der Waals surface area contributed by atoms with E-state index in [1.54, 1.807) is 6.20 Å². The molecule has 3 rings (SSSR count). The highest BCUT2D eigenvalue weighted by molar-refractivity contribution is 5.68. The molecule has 13 heteroatoms. The first-order valence-electron chi connectivity index (χ1n) is 17.0. The first-order valence-corrected chi connectivity index (χ1v) is 17.0. The van der Waals surface area contributed by atoms with Crippen LogP contribution in [-0.2, 0) is 60.1 Å². The van der Waals surface area contributed by atoms with Gasteiger partial charge < -0.3 is 29.0 Å². The third kappa shape index (κ3) is 12.1. The van der Waals surface area contributed by atoms with Crippen molar-refractivity contribution in [2.75, 3.05) is 18.5 Å². The highest BCUT2D eigenvalue weighted by Crippen LogP contribution is 2.35. The molecule has 1 aliphatic rings. The number of aromatic nitrogens is 3. The van der Waals surface area contributed by atoms with E-state index in [1.807, 2.05) is 0 Å². The van der Waals surface area contributed by atoms with Crippen LogP contribution in [0.2, 0.25) is 0 Å². The molecule has 5 atom stereocenters. The topological polar surface area (TPSA) is 157 Å². The van der Waals surface area contributed by atoms with E-state index in [1.165, 1.54) is 43.5 Å². The number of esters is 4. The Balaban J connectivity index is 1.64. The first kappa shape index (κ1) is 39.4. The highest BCUT2D eigenvalue weighted by Gasteiger charge is 2.53. The fourth-order valence-electron chi connectivity index (χ4n) is 5.58. The summed E-state index contributed by atoms with van der Waals surface area (Å²) in [5, 5.41) is 12.1. The van der Waals surface area contributed by atoms with Gasteiger partial charge in [0.15, 0.2) is 24.5 Å². The van der Waals surface area contributed by atoms with Crippen LogP contribution in [0.4, 0.5) is 5.69 Å². The van der Waals surface area contributed by atoms with Crippen LogP contribution in [0.3, 0.4) is 0 Å². The van der Waals surface area contributed by atoms with Crippen molar-refractivity contribution < 1.29 is 42.9 Å². The number of hydrogen-bond acceptors (Lipinski definition) is 12. The summed E-state index contributed by atoms with van der Waals surface area (Å²) in [4.78, 5) is 47.8.